The molecule has 1 unspecified atom stereocenters. The van der Waals surface area contributed by atoms with E-state index in [9.17, 15) is 0 Å². The Labute approximate surface area is 117 Å². The molecular weight excluding hydrogens is 260 g/mol. The lowest BCUT2D eigenvalue weighted by Gasteiger charge is -2.15. The molecule has 6 heteroatoms. The second-order valence-electron chi connectivity index (χ2n) is 4.53. The van der Waals surface area contributed by atoms with Gasteiger partial charge in [0, 0.05) is 17.8 Å². The van der Waals surface area contributed by atoms with E-state index in [4.69, 9.17) is 4.52 Å². The van der Waals surface area contributed by atoms with E-state index in [0.29, 0.717) is 17.8 Å². The number of thiazole rings is 1. The summed E-state index contributed by atoms with van der Waals surface area (Å²) in [5.41, 5.74) is 2.56. The second kappa shape index (κ2) is 7.35. The second-order valence-corrected chi connectivity index (χ2v) is 5.25. The summed E-state index contributed by atoms with van der Waals surface area (Å²) < 4.78 is 5.31. The van der Waals surface area contributed by atoms with Crippen molar-refractivity contribution in [2.24, 2.45) is 0 Å². The van der Waals surface area contributed by atoms with Gasteiger partial charge in [-0.1, -0.05) is 25.4 Å². The highest BCUT2D eigenvalue weighted by molar-refractivity contribution is 7.07. The molecule has 2 heterocycles. The van der Waals surface area contributed by atoms with E-state index in [1.807, 2.05) is 5.38 Å². The topological polar surface area (TPSA) is 63.8 Å². The Hall–Kier alpha value is -1.27. The van der Waals surface area contributed by atoms with E-state index in [-0.39, 0.29) is 0 Å². The van der Waals surface area contributed by atoms with Gasteiger partial charge < -0.3 is 9.84 Å². The van der Waals surface area contributed by atoms with Crippen molar-refractivity contribution in [1.29, 1.82) is 0 Å². The molecule has 0 aliphatic rings. The fraction of sp³-hybridized carbons (Fsp3) is 0.615. The predicted octanol–water partition coefficient (Wildman–Crippen LogP) is 2.90. The Morgan fingerprint density at radius 3 is 2.95 bits per heavy atom. The third-order valence-electron chi connectivity index (χ3n) is 2.87. The van der Waals surface area contributed by atoms with E-state index >= 15 is 0 Å². The molecule has 0 radical (unpaired) electrons. The monoisotopic (exact) mass is 280 g/mol. The zero-order valence-electron chi connectivity index (χ0n) is 11.4. The molecule has 0 bridgehead atoms. The van der Waals surface area contributed by atoms with Crippen LogP contribution in [0.4, 0.5) is 0 Å². The lowest BCUT2D eigenvalue weighted by atomic mass is 10.1. The van der Waals surface area contributed by atoms with Crippen LogP contribution in [0, 0.1) is 0 Å². The maximum Gasteiger partial charge on any atom is 0.228 e. The summed E-state index contributed by atoms with van der Waals surface area (Å²) in [6.45, 7) is 5.38. The number of rotatable bonds is 8. The van der Waals surface area contributed by atoms with Gasteiger partial charge in [0.25, 0.3) is 0 Å². The minimum Gasteiger partial charge on any atom is -0.339 e. The molecule has 2 aromatic rings. The largest absolute Gasteiger partial charge is 0.339 e. The van der Waals surface area contributed by atoms with Gasteiger partial charge in [-0.15, -0.1) is 11.3 Å². The van der Waals surface area contributed by atoms with Crippen molar-refractivity contribution in [3.63, 3.8) is 0 Å². The fourth-order valence-electron chi connectivity index (χ4n) is 1.95. The summed E-state index contributed by atoms with van der Waals surface area (Å²) in [5, 5.41) is 9.43. The van der Waals surface area contributed by atoms with Crippen LogP contribution in [-0.2, 0) is 6.42 Å². The minimum absolute atomic E-state index is 0.411. The Bertz CT molecular complexity index is 469. The van der Waals surface area contributed by atoms with Crippen LogP contribution in [0.1, 0.15) is 39.0 Å². The molecule has 0 aromatic carbocycles. The van der Waals surface area contributed by atoms with Crippen molar-refractivity contribution in [3.8, 4) is 11.5 Å². The molecule has 5 nitrogen and oxygen atoms in total. The normalized spacial score (nSPS) is 12.7. The summed E-state index contributed by atoms with van der Waals surface area (Å²) in [4.78, 5) is 8.59. The first-order valence-electron chi connectivity index (χ1n) is 6.78. The molecule has 0 spiro atoms. The van der Waals surface area contributed by atoms with Gasteiger partial charge >= 0.3 is 0 Å². The highest BCUT2D eigenvalue weighted by atomic mass is 32.1. The fourth-order valence-corrected chi connectivity index (χ4v) is 2.48. The number of nitrogens with zero attached hydrogens (tertiary/aromatic N) is 3. The minimum atomic E-state index is 0.411. The molecule has 0 amide bonds. The van der Waals surface area contributed by atoms with Crippen LogP contribution in [0.3, 0.4) is 0 Å². The van der Waals surface area contributed by atoms with Crippen LogP contribution < -0.4 is 5.32 Å². The molecule has 19 heavy (non-hydrogen) atoms. The molecule has 0 aliphatic carbocycles. The Morgan fingerprint density at radius 1 is 1.37 bits per heavy atom. The van der Waals surface area contributed by atoms with Gasteiger partial charge in [-0.3, -0.25) is 0 Å². The van der Waals surface area contributed by atoms with Crippen molar-refractivity contribution in [2.45, 2.75) is 45.6 Å². The van der Waals surface area contributed by atoms with Crippen molar-refractivity contribution >= 4 is 11.3 Å². The molecule has 104 valence electrons. The standard InChI is InChI=1S/C13H20N4OS/c1-3-5-10(14-6-4-2)7-12-16-13(17-18-12)11-8-19-9-15-11/h8-10,14H,3-7H2,1-2H3. The highest BCUT2D eigenvalue weighted by Gasteiger charge is 2.15. The first-order chi connectivity index (χ1) is 9.33. The first kappa shape index (κ1) is 14.1. The first-order valence-corrected chi connectivity index (χ1v) is 7.72. The molecule has 2 rings (SSSR count). The molecule has 1 N–H and O–H groups in total. The number of hydrogen-bond donors (Lipinski definition) is 1. The molecule has 2 aromatic heterocycles. The summed E-state index contributed by atoms with van der Waals surface area (Å²) in [5.74, 6) is 1.27. The highest BCUT2D eigenvalue weighted by Crippen LogP contribution is 2.16. The van der Waals surface area contributed by atoms with Gasteiger partial charge in [-0.2, -0.15) is 4.98 Å². The number of hydrogen-bond acceptors (Lipinski definition) is 6. The quantitative estimate of drug-likeness (QED) is 0.805. The van der Waals surface area contributed by atoms with E-state index in [1.165, 1.54) is 11.3 Å². The zero-order valence-corrected chi connectivity index (χ0v) is 12.2. The smallest absolute Gasteiger partial charge is 0.228 e. The van der Waals surface area contributed by atoms with Crippen molar-refractivity contribution in [1.82, 2.24) is 20.4 Å². The maximum absolute atomic E-state index is 5.31. The van der Waals surface area contributed by atoms with E-state index < -0.39 is 0 Å². The molecule has 0 saturated carbocycles. The maximum atomic E-state index is 5.31. The molecule has 1 atom stereocenters. The van der Waals surface area contributed by atoms with E-state index in [2.05, 4.69) is 34.3 Å². The summed E-state index contributed by atoms with van der Waals surface area (Å²) in [6, 6.07) is 0.411. The van der Waals surface area contributed by atoms with Crippen LogP contribution in [0.5, 0.6) is 0 Å². The molecule has 0 aliphatic heterocycles. The van der Waals surface area contributed by atoms with Crippen LogP contribution in [0.25, 0.3) is 11.5 Å². The molecule has 0 fully saturated rings. The summed E-state index contributed by atoms with van der Waals surface area (Å²) in [6.07, 6.45) is 4.18. The lowest BCUT2D eigenvalue weighted by molar-refractivity contribution is 0.350. The van der Waals surface area contributed by atoms with Crippen LogP contribution >= 0.6 is 11.3 Å². The number of nitrogens with one attached hydrogen (secondary N) is 1. The predicted molar refractivity (Wildman–Crippen MR) is 76.1 cm³/mol. The van der Waals surface area contributed by atoms with E-state index in [0.717, 1.165) is 37.9 Å². The Kier molecular flexibility index (Phi) is 5.47. The van der Waals surface area contributed by atoms with Gasteiger partial charge in [0.1, 0.15) is 5.69 Å². The van der Waals surface area contributed by atoms with Crippen LogP contribution in [-0.4, -0.2) is 27.7 Å². The van der Waals surface area contributed by atoms with Gasteiger partial charge in [-0.05, 0) is 19.4 Å². The average molecular weight is 280 g/mol. The summed E-state index contributed by atoms with van der Waals surface area (Å²) in [7, 11) is 0. The van der Waals surface area contributed by atoms with E-state index in [1.54, 1.807) is 5.51 Å². The van der Waals surface area contributed by atoms with Gasteiger partial charge in [0.2, 0.25) is 11.7 Å². The Morgan fingerprint density at radius 2 is 2.26 bits per heavy atom. The third-order valence-corrected chi connectivity index (χ3v) is 3.46. The number of aromatic nitrogens is 3. The van der Waals surface area contributed by atoms with Gasteiger partial charge in [-0.25, -0.2) is 4.98 Å². The lowest BCUT2D eigenvalue weighted by Crippen LogP contribution is -2.31. The Balaban J connectivity index is 1.97. The molecule has 0 saturated heterocycles. The van der Waals surface area contributed by atoms with Crippen LogP contribution in [0.15, 0.2) is 15.4 Å². The third kappa shape index (κ3) is 4.11. The zero-order chi connectivity index (χ0) is 13.5. The van der Waals surface area contributed by atoms with Crippen molar-refractivity contribution in [3.05, 3.63) is 16.8 Å². The van der Waals surface area contributed by atoms with Crippen LogP contribution in [0.2, 0.25) is 0 Å². The SMILES string of the molecule is CCCNC(CCC)Cc1nc(-c2cscn2)no1. The van der Waals surface area contributed by atoms with Gasteiger partial charge in [0.15, 0.2) is 0 Å². The van der Waals surface area contributed by atoms with Crippen molar-refractivity contribution in [2.75, 3.05) is 6.54 Å². The molecular formula is C13H20N4OS. The average Bonchev–Trinajstić information content (AvgIpc) is 3.06. The van der Waals surface area contributed by atoms with Gasteiger partial charge in [0.05, 0.1) is 5.51 Å². The van der Waals surface area contributed by atoms with Crippen molar-refractivity contribution < 1.29 is 4.52 Å². The summed E-state index contributed by atoms with van der Waals surface area (Å²) >= 11 is 1.53.